The SMILES string of the molecule is CCCCN(c1nnc(CNCCOC)o1)C(C)CC. The van der Waals surface area contributed by atoms with Crippen LogP contribution in [0.2, 0.25) is 0 Å². The van der Waals surface area contributed by atoms with E-state index in [-0.39, 0.29) is 0 Å². The highest BCUT2D eigenvalue weighted by Gasteiger charge is 2.18. The van der Waals surface area contributed by atoms with Crippen molar-refractivity contribution < 1.29 is 9.15 Å². The van der Waals surface area contributed by atoms with E-state index in [1.807, 2.05) is 0 Å². The summed E-state index contributed by atoms with van der Waals surface area (Å²) in [6.45, 7) is 9.55. The van der Waals surface area contributed by atoms with Crippen LogP contribution in [0.3, 0.4) is 0 Å². The van der Waals surface area contributed by atoms with Gasteiger partial charge in [0.25, 0.3) is 0 Å². The summed E-state index contributed by atoms with van der Waals surface area (Å²) in [4.78, 5) is 2.20. The molecule has 1 aromatic rings. The Bertz CT molecular complexity index is 357. The van der Waals surface area contributed by atoms with Crippen molar-refractivity contribution >= 4 is 6.01 Å². The van der Waals surface area contributed by atoms with Gasteiger partial charge in [-0.3, -0.25) is 0 Å². The minimum atomic E-state index is 0.413. The Balaban J connectivity index is 2.56. The summed E-state index contributed by atoms with van der Waals surface area (Å²) in [6.07, 6.45) is 3.36. The minimum absolute atomic E-state index is 0.413. The molecule has 0 radical (unpaired) electrons. The number of unbranched alkanes of at least 4 members (excludes halogenated alkanes) is 1. The fourth-order valence-electron chi connectivity index (χ4n) is 1.86. The molecule has 1 rings (SSSR count). The van der Waals surface area contributed by atoms with E-state index in [1.165, 1.54) is 0 Å². The largest absolute Gasteiger partial charge is 0.407 e. The van der Waals surface area contributed by atoms with Gasteiger partial charge in [-0.1, -0.05) is 25.4 Å². The van der Waals surface area contributed by atoms with Crippen molar-refractivity contribution in [2.45, 2.75) is 52.6 Å². The van der Waals surface area contributed by atoms with Crippen molar-refractivity contribution in [2.24, 2.45) is 0 Å². The predicted molar refractivity (Wildman–Crippen MR) is 79.9 cm³/mol. The fraction of sp³-hybridized carbons (Fsp3) is 0.857. The Kier molecular flexibility index (Phi) is 8.22. The summed E-state index contributed by atoms with van der Waals surface area (Å²) in [6, 6.07) is 1.05. The van der Waals surface area contributed by atoms with Crippen molar-refractivity contribution in [3.8, 4) is 0 Å². The highest BCUT2D eigenvalue weighted by molar-refractivity contribution is 5.25. The van der Waals surface area contributed by atoms with Gasteiger partial charge >= 0.3 is 6.01 Å². The monoisotopic (exact) mass is 284 g/mol. The van der Waals surface area contributed by atoms with Gasteiger partial charge in [0, 0.05) is 26.2 Å². The summed E-state index contributed by atoms with van der Waals surface area (Å²) in [5, 5.41) is 11.5. The van der Waals surface area contributed by atoms with Crippen molar-refractivity contribution in [3.05, 3.63) is 5.89 Å². The number of anilines is 1. The van der Waals surface area contributed by atoms with Crippen LogP contribution >= 0.6 is 0 Å². The van der Waals surface area contributed by atoms with Crippen LogP contribution in [0, 0.1) is 0 Å². The summed E-state index contributed by atoms with van der Waals surface area (Å²) >= 11 is 0. The van der Waals surface area contributed by atoms with Gasteiger partial charge in [0.15, 0.2) is 0 Å². The summed E-state index contributed by atoms with van der Waals surface area (Å²) in [5.41, 5.74) is 0. The number of nitrogens with one attached hydrogen (secondary N) is 1. The molecule has 0 aromatic carbocycles. The molecule has 1 heterocycles. The van der Waals surface area contributed by atoms with Gasteiger partial charge in [-0.05, 0) is 19.8 Å². The summed E-state index contributed by atoms with van der Waals surface area (Å²) < 4.78 is 10.7. The van der Waals surface area contributed by atoms with E-state index in [9.17, 15) is 0 Å². The molecule has 1 atom stereocenters. The van der Waals surface area contributed by atoms with Gasteiger partial charge < -0.3 is 19.4 Å². The molecule has 0 aliphatic carbocycles. The van der Waals surface area contributed by atoms with Crippen LogP contribution in [0.1, 0.15) is 45.9 Å². The lowest BCUT2D eigenvalue weighted by Crippen LogP contribution is -2.33. The lowest BCUT2D eigenvalue weighted by atomic mass is 10.2. The fourth-order valence-corrected chi connectivity index (χ4v) is 1.86. The average Bonchev–Trinajstić information content (AvgIpc) is 2.92. The molecule has 0 bridgehead atoms. The highest BCUT2D eigenvalue weighted by atomic mass is 16.5. The molecule has 1 aromatic heterocycles. The maximum Gasteiger partial charge on any atom is 0.318 e. The molecule has 6 heteroatoms. The van der Waals surface area contributed by atoms with Crippen LogP contribution in [0.25, 0.3) is 0 Å². The molecule has 0 aliphatic heterocycles. The minimum Gasteiger partial charge on any atom is -0.407 e. The van der Waals surface area contributed by atoms with Gasteiger partial charge in [-0.2, -0.15) is 0 Å². The number of ether oxygens (including phenoxy) is 1. The average molecular weight is 284 g/mol. The number of hydrogen-bond donors (Lipinski definition) is 1. The van der Waals surface area contributed by atoms with E-state index < -0.39 is 0 Å². The zero-order chi connectivity index (χ0) is 14.8. The second-order valence-corrected chi connectivity index (χ2v) is 4.95. The van der Waals surface area contributed by atoms with E-state index in [2.05, 4.69) is 41.2 Å². The van der Waals surface area contributed by atoms with E-state index in [4.69, 9.17) is 9.15 Å². The van der Waals surface area contributed by atoms with Crippen molar-refractivity contribution in [3.63, 3.8) is 0 Å². The normalized spacial score (nSPS) is 12.6. The number of nitrogens with zero attached hydrogens (tertiary/aromatic N) is 3. The summed E-state index contributed by atoms with van der Waals surface area (Å²) in [7, 11) is 1.68. The Morgan fingerprint density at radius 3 is 2.80 bits per heavy atom. The Labute approximate surface area is 121 Å². The molecule has 116 valence electrons. The molecule has 0 fully saturated rings. The quantitative estimate of drug-likeness (QED) is 0.629. The Morgan fingerprint density at radius 1 is 1.35 bits per heavy atom. The first-order chi connectivity index (χ1) is 9.72. The molecular weight excluding hydrogens is 256 g/mol. The number of methoxy groups -OCH3 is 1. The van der Waals surface area contributed by atoms with Gasteiger partial charge in [-0.25, -0.2) is 0 Å². The molecule has 0 aliphatic rings. The molecule has 6 nitrogen and oxygen atoms in total. The van der Waals surface area contributed by atoms with E-state index >= 15 is 0 Å². The maximum absolute atomic E-state index is 5.75. The molecule has 20 heavy (non-hydrogen) atoms. The van der Waals surface area contributed by atoms with Gasteiger partial charge in [0.1, 0.15) is 0 Å². The van der Waals surface area contributed by atoms with Gasteiger partial charge in [0.2, 0.25) is 5.89 Å². The third-order valence-corrected chi connectivity index (χ3v) is 3.34. The van der Waals surface area contributed by atoms with Gasteiger partial charge in [0.05, 0.1) is 13.2 Å². The third-order valence-electron chi connectivity index (χ3n) is 3.34. The molecular formula is C14H28N4O2. The van der Waals surface area contributed by atoms with E-state index in [1.54, 1.807) is 7.11 Å². The Hall–Kier alpha value is -1.14. The van der Waals surface area contributed by atoms with Crippen LogP contribution in [0.5, 0.6) is 0 Å². The molecule has 0 amide bonds. The molecule has 0 saturated heterocycles. The molecule has 0 spiro atoms. The van der Waals surface area contributed by atoms with Gasteiger partial charge in [-0.15, -0.1) is 5.10 Å². The first-order valence-electron chi connectivity index (χ1n) is 7.51. The second-order valence-electron chi connectivity index (χ2n) is 4.95. The third kappa shape index (κ3) is 5.46. The number of rotatable bonds is 11. The molecule has 0 saturated carbocycles. The van der Waals surface area contributed by atoms with E-state index in [0.29, 0.717) is 31.1 Å². The lowest BCUT2D eigenvalue weighted by molar-refractivity contribution is 0.198. The zero-order valence-corrected chi connectivity index (χ0v) is 13.2. The zero-order valence-electron chi connectivity index (χ0n) is 13.2. The topological polar surface area (TPSA) is 63.4 Å². The van der Waals surface area contributed by atoms with Crippen molar-refractivity contribution in [1.29, 1.82) is 0 Å². The van der Waals surface area contributed by atoms with Crippen LogP contribution < -0.4 is 10.2 Å². The highest BCUT2D eigenvalue weighted by Crippen LogP contribution is 2.17. The Morgan fingerprint density at radius 2 is 2.15 bits per heavy atom. The van der Waals surface area contributed by atoms with Crippen LogP contribution in [-0.2, 0) is 11.3 Å². The lowest BCUT2D eigenvalue weighted by Gasteiger charge is -2.26. The van der Waals surface area contributed by atoms with Crippen LogP contribution in [-0.4, -0.2) is 43.0 Å². The van der Waals surface area contributed by atoms with Crippen molar-refractivity contribution in [2.75, 3.05) is 31.7 Å². The molecule has 1 unspecified atom stereocenters. The van der Waals surface area contributed by atoms with Crippen molar-refractivity contribution in [1.82, 2.24) is 15.5 Å². The standard InChI is InChI=1S/C14H28N4O2/c1-5-7-9-18(12(3)6-2)14-17-16-13(20-14)11-15-8-10-19-4/h12,15H,5-11H2,1-4H3. The second kappa shape index (κ2) is 9.72. The number of hydrogen-bond acceptors (Lipinski definition) is 6. The smallest absolute Gasteiger partial charge is 0.318 e. The number of aromatic nitrogens is 2. The first-order valence-corrected chi connectivity index (χ1v) is 7.51. The predicted octanol–water partition coefficient (Wildman–Crippen LogP) is 2.21. The maximum atomic E-state index is 5.75. The van der Waals surface area contributed by atoms with E-state index in [0.717, 1.165) is 32.4 Å². The summed E-state index contributed by atoms with van der Waals surface area (Å²) in [5.74, 6) is 0.626. The molecule has 1 N–H and O–H groups in total. The van der Waals surface area contributed by atoms with Crippen LogP contribution in [0.15, 0.2) is 4.42 Å². The first kappa shape index (κ1) is 16.9. The van der Waals surface area contributed by atoms with Crippen LogP contribution in [0.4, 0.5) is 6.01 Å².